The highest BCUT2D eigenvalue weighted by Crippen LogP contribution is 2.32. The highest BCUT2D eigenvalue weighted by Gasteiger charge is 2.20. The van der Waals surface area contributed by atoms with Gasteiger partial charge in [0, 0.05) is 16.9 Å². The Labute approximate surface area is 171 Å². The molecule has 0 aliphatic carbocycles. The van der Waals surface area contributed by atoms with Crippen LogP contribution in [0.4, 0.5) is 0 Å². The largest absolute Gasteiger partial charge is 0.475 e. The van der Waals surface area contributed by atoms with Gasteiger partial charge in [0.15, 0.2) is 0 Å². The molecule has 0 fully saturated rings. The Kier molecular flexibility index (Phi) is 4.84. The van der Waals surface area contributed by atoms with E-state index < -0.39 is 5.97 Å². The van der Waals surface area contributed by atoms with Crippen molar-refractivity contribution in [3.63, 3.8) is 0 Å². The molecule has 0 saturated carbocycles. The SMILES string of the molecule is Cc1ccc(-c2csc3nc(C(C)C)n(Cc4ccc(C(=O)O)o4)c(=O)c23)cc1. The van der Waals surface area contributed by atoms with Crippen molar-refractivity contribution in [3.05, 3.63) is 75.0 Å². The van der Waals surface area contributed by atoms with Crippen molar-refractivity contribution in [2.75, 3.05) is 0 Å². The molecule has 3 aromatic heterocycles. The molecule has 0 unspecified atom stereocenters. The van der Waals surface area contributed by atoms with E-state index in [1.165, 1.54) is 17.4 Å². The summed E-state index contributed by atoms with van der Waals surface area (Å²) in [6.45, 7) is 6.10. The molecule has 0 saturated heterocycles. The smallest absolute Gasteiger partial charge is 0.371 e. The Morgan fingerprint density at radius 2 is 1.93 bits per heavy atom. The third-order valence-electron chi connectivity index (χ3n) is 4.79. The summed E-state index contributed by atoms with van der Waals surface area (Å²) in [6, 6.07) is 11.0. The van der Waals surface area contributed by atoms with E-state index in [4.69, 9.17) is 14.5 Å². The van der Waals surface area contributed by atoms with Gasteiger partial charge in [0.25, 0.3) is 5.56 Å². The predicted octanol–water partition coefficient (Wildman–Crippen LogP) is 4.90. The molecule has 0 aliphatic heterocycles. The van der Waals surface area contributed by atoms with Crippen LogP contribution in [0.3, 0.4) is 0 Å². The molecule has 0 amide bonds. The number of thiophene rings is 1. The number of hydrogen-bond donors (Lipinski definition) is 1. The van der Waals surface area contributed by atoms with Crippen molar-refractivity contribution in [2.24, 2.45) is 0 Å². The van der Waals surface area contributed by atoms with Crippen LogP contribution in [0.15, 0.2) is 51.0 Å². The normalized spacial score (nSPS) is 11.4. The lowest BCUT2D eigenvalue weighted by Gasteiger charge is -2.14. The molecule has 0 aliphatic rings. The van der Waals surface area contributed by atoms with Crippen molar-refractivity contribution in [1.29, 1.82) is 0 Å². The molecular weight excluding hydrogens is 388 g/mol. The molecule has 0 radical (unpaired) electrons. The van der Waals surface area contributed by atoms with Gasteiger partial charge in [-0.3, -0.25) is 9.36 Å². The maximum Gasteiger partial charge on any atom is 0.371 e. The van der Waals surface area contributed by atoms with Crippen LogP contribution in [0, 0.1) is 6.92 Å². The number of aromatic nitrogens is 2. The van der Waals surface area contributed by atoms with Gasteiger partial charge in [-0.15, -0.1) is 11.3 Å². The number of furan rings is 1. The van der Waals surface area contributed by atoms with Crippen LogP contribution in [-0.2, 0) is 6.54 Å². The minimum absolute atomic E-state index is 0.0194. The van der Waals surface area contributed by atoms with Gasteiger partial charge in [-0.05, 0) is 24.6 Å². The lowest BCUT2D eigenvalue weighted by molar-refractivity contribution is 0.0660. The molecule has 4 rings (SSSR count). The van der Waals surface area contributed by atoms with Crippen LogP contribution in [0.1, 0.15) is 47.5 Å². The summed E-state index contributed by atoms with van der Waals surface area (Å²) in [7, 11) is 0. The zero-order valence-electron chi connectivity index (χ0n) is 16.3. The molecule has 0 spiro atoms. The van der Waals surface area contributed by atoms with E-state index in [1.807, 2.05) is 50.4 Å². The topological polar surface area (TPSA) is 85.3 Å². The maximum atomic E-state index is 13.5. The van der Waals surface area contributed by atoms with Crippen LogP contribution in [-0.4, -0.2) is 20.6 Å². The number of carboxylic acid groups (broad SMARTS) is 1. The van der Waals surface area contributed by atoms with Gasteiger partial charge >= 0.3 is 5.97 Å². The molecule has 1 N–H and O–H groups in total. The van der Waals surface area contributed by atoms with Crippen LogP contribution >= 0.6 is 11.3 Å². The third-order valence-corrected chi connectivity index (χ3v) is 5.66. The number of benzene rings is 1. The standard InChI is InChI=1S/C22H20N2O4S/c1-12(2)19-23-20-18(16(11-29-20)14-6-4-13(3)5-7-14)21(25)24(19)10-15-8-9-17(28-15)22(26)27/h4-9,11-12H,10H2,1-3H3,(H,26,27). The maximum absolute atomic E-state index is 13.5. The fourth-order valence-corrected chi connectivity index (χ4v) is 4.26. The van der Waals surface area contributed by atoms with Gasteiger partial charge in [0.2, 0.25) is 5.76 Å². The second-order valence-electron chi connectivity index (χ2n) is 7.28. The quantitative estimate of drug-likeness (QED) is 0.508. The number of carbonyl (C=O) groups is 1. The first-order valence-electron chi connectivity index (χ1n) is 9.26. The average Bonchev–Trinajstić information content (AvgIpc) is 3.31. The summed E-state index contributed by atoms with van der Waals surface area (Å²) in [6.07, 6.45) is 0. The monoisotopic (exact) mass is 408 g/mol. The van der Waals surface area contributed by atoms with Gasteiger partial charge in [-0.25, -0.2) is 9.78 Å². The van der Waals surface area contributed by atoms with E-state index in [9.17, 15) is 9.59 Å². The van der Waals surface area contributed by atoms with Gasteiger partial charge in [0.05, 0.1) is 11.9 Å². The number of aromatic carboxylic acids is 1. The first-order valence-corrected chi connectivity index (χ1v) is 10.1. The minimum atomic E-state index is -1.14. The highest BCUT2D eigenvalue weighted by molar-refractivity contribution is 7.17. The summed E-state index contributed by atoms with van der Waals surface area (Å²) < 4.78 is 6.96. The first-order chi connectivity index (χ1) is 13.8. The van der Waals surface area contributed by atoms with Crippen LogP contribution in [0.2, 0.25) is 0 Å². The van der Waals surface area contributed by atoms with E-state index >= 15 is 0 Å². The Balaban J connectivity index is 1.89. The third kappa shape index (κ3) is 3.49. The van der Waals surface area contributed by atoms with Crippen LogP contribution in [0.25, 0.3) is 21.3 Å². The predicted molar refractivity (Wildman–Crippen MR) is 113 cm³/mol. The van der Waals surface area contributed by atoms with Crippen LogP contribution < -0.4 is 5.56 Å². The lowest BCUT2D eigenvalue weighted by atomic mass is 10.0. The van der Waals surface area contributed by atoms with E-state index in [0.717, 1.165) is 16.7 Å². The Morgan fingerprint density at radius 3 is 2.55 bits per heavy atom. The number of hydrogen-bond acceptors (Lipinski definition) is 5. The number of rotatable bonds is 5. The van der Waals surface area contributed by atoms with E-state index in [2.05, 4.69) is 0 Å². The second kappa shape index (κ2) is 7.33. The molecule has 4 aromatic rings. The molecule has 148 valence electrons. The second-order valence-corrected chi connectivity index (χ2v) is 8.14. The fraction of sp³-hybridized carbons (Fsp3) is 0.227. The molecule has 29 heavy (non-hydrogen) atoms. The molecule has 7 heteroatoms. The van der Waals surface area contributed by atoms with E-state index in [0.29, 0.717) is 21.8 Å². The lowest BCUT2D eigenvalue weighted by Crippen LogP contribution is -2.26. The zero-order chi connectivity index (χ0) is 20.7. The van der Waals surface area contributed by atoms with Crippen molar-refractivity contribution in [1.82, 2.24) is 9.55 Å². The van der Waals surface area contributed by atoms with Gasteiger partial charge in [0.1, 0.15) is 16.4 Å². The molecule has 3 heterocycles. The van der Waals surface area contributed by atoms with Gasteiger partial charge in [-0.1, -0.05) is 43.7 Å². The van der Waals surface area contributed by atoms with Crippen molar-refractivity contribution < 1.29 is 14.3 Å². The highest BCUT2D eigenvalue weighted by atomic mass is 32.1. The summed E-state index contributed by atoms with van der Waals surface area (Å²) in [5, 5.41) is 11.6. The first kappa shape index (κ1) is 19.1. The summed E-state index contributed by atoms with van der Waals surface area (Å²) in [5.74, 6) is -0.219. The number of nitrogens with zero attached hydrogens (tertiary/aromatic N) is 2. The van der Waals surface area contributed by atoms with Crippen molar-refractivity contribution in [3.8, 4) is 11.1 Å². The molecular formula is C22H20N2O4S. The van der Waals surface area contributed by atoms with Crippen molar-refractivity contribution >= 4 is 27.5 Å². The Bertz CT molecular complexity index is 1260. The van der Waals surface area contributed by atoms with Crippen LogP contribution in [0.5, 0.6) is 0 Å². The van der Waals surface area contributed by atoms with E-state index in [1.54, 1.807) is 10.6 Å². The molecule has 0 atom stereocenters. The Morgan fingerprint density at radius 1 is 1.21 bits per heavy atom. The number of fused-ring (bicyclic) bond motifs is 1. The summed E-state index contributed by atoms with van der Waals surface area (Å²) in [4.78, 5) is 30.1. The zero-order valence-corrected chi connectivity index (χ0v) is 17.1. The average molecular weight is 408 g/mol. The number of carboxylic acids is 1. The Hall–Kier alpha value is -3.19. The molecule has 1 aromatic carbocycles. The summed E-state index contributed by atoms with van der Waals surface area (Å²) >= 11 is 1.46. The van der Waals surface area contributed by atoms with E-state index in [-0.39, 0.29) is 23.8 Å². The number of aryl methyl sites for hydroxylation is 1. The van der Waals surface area contributed by atoms with Crippen molar-refractivity contribution in [2.45, 2.75) is 33.2 Å². The molecule has 6 nitrogen and oxygen atoms in total. The van der Waals surface area contributed by atoms with Gasteiger partial charge < -0.3 is 9.52 Å². The minimum Gasteiger partial charge on any atom is -0.475 e. The fourth-order valence-electron chi connectivity index (χ4n) is 3.31. The van der Waals surface area contributed by atoms with Gasteiger partial charge in [-0.2, -0.15) is 0 Å². The summed E-state index contributed by atoms with van der Waals surface area (Å²) in [5.41, 5.74) is 2.83. The molecule has 0 bridgehead atoms.